The maximum Gasteiger partial charge on any atom is 0.322 e. The lowest BCUT2D eigenvalue weighted by molar-refractivity contribution is -0.135. The lowest BCUT2D eigenvalue weighted by Gasteiger charge is -2.38. The Hall–Kier alpha value is -3.39. The molecule has 2 bridgehead atoms. The van der Waals surface area contributed by atoms with Gasteiger partial charge in [0, 0.05) is 50.1 Å². The van der Waals surface area contributed by atoms with Crippen molar-refractivity contribution in [3.63, 3.8) is 0 Å². The Morgan fingerprint density at radius 3 is 2.56 bits per heavy atom. The molecule has 0 saturated carbocycles. The van der Waals surface area contributed by atoms with Crippen LogP contribution in [0.4, 0.5) is 10.5 Å². The predicted molar refractivity (Wildman–Crippen MR) is 129 cm³/mol. The number of carbonyl (C=O) groups excluding carboxylic acids is 2. The number of allylic oxidation sites excluding steroid dienone is 2. The fourth-order valence-electron chi connectivity index (χ4n) is 5.83. The number of para-hydroxylation sites is 1. The maximum absolute atomic E-state index is 13.5. The molecule has 0 unspecified atom stereocenters. The largest absolute Gasteiger partial charge is 0.396 e. The van der Waals surface area contributed by atoms with E-state index in [4.69, 9.17) is 0 Å². The highest BCUT2D eigenvalue weighted by Gasteiger charge is 2.57. The van der Waals surface area contributed by atoms with Crippen molar-refractivity contribution in [2.24, 2.45) is 11.8 Å². The van der Waals surface area contributed by atoms with Gasteiger partial charge in [-0.2, -0.15) is 0 Å². The number of benzene rings is 1. The molecule has 3 amide bonds. The lowest BCUT2D eigenvalue weighted by atomic mass is 9.86. The minimum absolute atomic E-state index is 0.0848. The first-order valence-electron chi connectivity index (χ1n) is 11.8. The second-order valence-electron chi connectivity index (χ2n) is 9.53. The van der Waals surface area contributed by atoms with Crippen LogP contribution in [-0.2, 0) is 11.3 Å². The molecule has 2 aliphatic heterocycles. The highest BCUT2D eigenvalue weighted by molar-refractivity contribution is 5.91. The van der Waals surface area contributed by atoms with Crippen molar-refractivity contribution < 1.29 is 14.7 Å². The number of nitrogens with zero attached hydrogens (tertiary/aromatic N) is 3. The van der Waals surface area contributed by atoms with Gasteiger partial charge >= 0.3 is 6.03 Å². The van der Waals surface area contributed by atoms with E-state index in [2.05, 4.69) is 11.4 Å². The first kappa shape index (κ1) is 22.4. The first-order chi connectivity index (χ1) is 16.4. The van der Waals surface area contributed by atoms with Crippen molar-refractivity contribution in [2.75, 3.05) is 26.0 Å². The van der Waals surface area contributed by atoms with E-state index in [1.165, 1.54) is 4.90 Å². The molecule has 8 heteroatoms. The number of anilines is 1. The zero-order chi connectivity index (χ0) is 24.0. The molecule has 2 N–H and O–H groups in total. The predicted octanol–water partition coefficient (Wildman–Crippen LogP) is 2.70. The van der Waals surface area contributed by atoms with Gasteiger partial charge in [-0.05, 0) is 49.1 Å². The molecule has 1 fully saturated rings. The molecule has 1 saturated heterocycles. The number of hydrogen-bond acceptors (Lipinski definition) is 4. The van der Waals surface area contributed by atoms with Crippen molar-refractivity contribution in [3.8, 4) is 0 Å². The highest BCUT2D eigenvalue weighted by atomic mass is 16.3. The number of hydrogen-bond donors (Lipinski definition) is 2. The molecule has 5 rings (SSSR count). The zero-order valence-electron chi connectivity index (χ0n) is 19.5. The van der Waals surface area contributed by atoms with Crippen LogP contribution in [-0.4, -0.2) is 58.2 Å². The van der Waals surface area contributed by atoms with Gasteiger partial charge < -0.3 is 24.8 Å². The number of aliphatic hydroxyl groups excluding tert-OH is 1. The van der Waals surface area contributed by atoms with Crippen LogP contribution in [0.25, 0.3) is 5.57 Å². The molecule has 8 nitrogen and oxygen atoms in total. The average molecular weight is 463 g/mol. The van der Waals surface area contributed by atoms with Crippen LogP contribution in [0.3, 0.4) is 0 Å². The third-order valence-corrected chi connectivity index (χ3v) is 7.42. The summed E-state index contributed by atoms with van der Waals surface area (Å²) in [6.45, 7) is -0.00227. The SMILES string of the molecule is CN(C)C(=O)[C@H]1[C@H](CO)[C@H]2Cn3c(ccc(C4=CCCC4)c3=O)[C@@H]1N2C(=O)Nc1ccccc1. The molecule has 3 aliphatic rings. The van der Waals surface area contributed by atoms with E-state index in [9.17, 15) is 19.5 Å². The van der Waals surface area contributed by atoms with Crippen molar-refractivity contribution in [2.45, 2.75) is 37.9 Å². The number of aliphatic hydroxyl groups is 1. The molecular weight excluding hydrogens is 432 g/mol. The van der Waals surface area contributed by atoms with Crippen LogP contribution in [0.15, 0.2) is 53.3 Å². The van der Waals surface area contributed by atoms with Crippen molar-refractivity contribution in [1.29, 1.82) is 0 Å². The van der Waals surface area contributed by atoms with Crippen molar-refractivity contribution in [1.82, 2.24) is 14.4 Å². The van der Waals surface area contributed by atoms with Crippen LogP contribution in [0.5, 0.6) is 0 Å². The summed E-state index contributed by atoms with van der Waals surface area (Å²) in [7, 11) is 3.35. The maximum atomic E-state index is 13.5. The molecule has 34 heavy (non-hydrogen) atoms. The van der Waals surface area contributed by atoms with Gasteiger partial charge in [0.15, 0.2) is 0 Å². The number of carbonyl (C=O) groups is 2. The van der Waals surface area contributed by atoms with Crippen LogP contribution >= 0.6 is 0 Å². The Morgan fingerprint density at radius 1 is 1.15 bits per heavy atom. The van der Waals surface area contributed by atoms with E-state index in [1.807, 2.05) is 30.3 Å². The van der Waals surface area contributed by atoms with E-state index in [-0.39, 0.29) is 30.6 Å². The van der Waals surface area contributed by atoms with Crippen LogP contribution in [0.2, 0.25) is 0 Å². The van der Waals surface area contributed by atoms with Gasteiger partial charge in [-0.25, -0.2) is 4.79 Å². The first-order valence-corrected chi connectivity index (χ1v) is 11.8. The molecule has 178 valence electrons. The fourth-order valence-corrected chi connectivity index (χ4v) is 5.83. The Morgan fingerprint density at radius 2 is 1.91 bits per heavy atom. The van der Waals surface area contributed by atoms with Gasteiger partial charge in [0.25, 0.3) is 5.56 Å². The average Bonchev–Trinajstić information content (AvgIpc) is 3.44. The van der Waals surface area contributed by atoms with E-state index in [1.54, 1.807) is 35.7 Å². The molecular formula is C26H30N4O4. The molecule has 4 atom stereocenters. The summed E-state index contributed by atoms with van der Waals surface area (Å²) >= 11 is 0. The third kappa shape index (κ3) is 3.53. The monoisotopic (exact) mass is 462 g/mol. The smallest absolute Gasteiger partial charge is 0.322 e. The molecule has 0 spiro atoms. The Labute approximate surface area is 198 Å². The second kappa shape index (κ2) is 8.76. The summed E-state index contributed by atoms with van der Waals surface area (Å²) in [5.74, 6) is -1.28. The van der Waals surface area contributed by atoms with Crippen LogP contribution < -0.4 is 10.9 Å². The normalized spacial score (nSPS) is 25.0. The number of rotatable bonds is 4. The number of pyridine rings is 1. The van der Waals surface area contributed by atoms with Gasteiger partial charge in [0.2, 0.25) is 5.91 Å². The topological polar surface area (TPSA) is 94.9 Å². The quantitative estimate of drug-likeness (QED) is 0.731. The molecule has 1 aromatic carbocycles. The summed E-state index contributed by atoms with van der Waals surface area (Å²) < 4.78 is 1.72. The van der Waals surface area contributed by atoms with Crippen LogP contribution in [0, 0.1) is 11.8 Å². The molecule has 3 heterocycles. The standard InChI is InChI=1S/C26H30N4O4/c1-28(2)25(33)22-19(15-31)21-14-29-20(13-12-18(24(29)32)16-8-6-7-9-16)23(22)30(21)26(34)27-17-10-4-3-5-11-17/h3-5,8,10-13,19,21-23,31H,6-7,9,14-15H2,1-2H3,(H,27,34)/t19-,21-,22+,23+/m1/s1. The number of aromatic nitrogens is 1. The zero-order valence-corrected chi connectivity index (χ0v) is 19.5. The van der Waals surface area contributed by atoms with E-state index >= 15 is 0 Å². The van der Waals surface area contributed by atoms with E-state index < -0.39 is 23.9 Å². The summed E-state index contributed by atoms with van der Waals surface area (Å²) in [6, 6.07) is 11.4. The molecule has 0 radical (unpaired) electrons. The summed E-state index contributed by atoms with van der Waals surface area (Å²) in [5.41, 5.74) is 2.96. The summed E-state index contributed by atoms with van der Waals surface area (Å²) in [6.07, 6.45) is 5.02. The Bertz CT molecular complexity index is 1200. The fraction of sp³-hybridized carbons (Fsp3) is 0.423. The Kier molecular flexibility index (Phi) is 5.77. The van der Waals surface area contributed by atoms with Gasteiger partial charge in [-0.15, -0.1) is 0 Å². The van der Waals surface area contributed by atoms with Gasteiger partial charge in [0.05, 0.1) is 18.0 Å². The number of nitrogens with one attached hydrogen (secondary N) is 1. The van der Waals surface area contributed by atoms with Gasteiger partial charge in [0.1, 0.15) is 0 Å². The number of fused-ring (bicyclic) bond motifs is 4. The minimum atomic E-state index is -0.645. The summed E-state index contributed by atoms with van der Waals surface area (Å²) in [4.78, 5) is 43.5. The number of amides is 3. The molecule has 2 aromatic rings. The van der Waals surface area contributed by atoms with Gasteiger partial charge in [-0.3, -0.25) is 9.59 Å². The molecule has 1 aromatic heterocycles. The van der Waals surface area contributed by atoms with Gasteiger partial charge in [-0.1, -0.05) is 24.3 Å². The van der Waals surface area contributed by atoms with Crippen molar-refractivity contribution >= 4 is 23.2 Å². The second-order valence-corrected chi connectivity index (χ2v) is 9.53. The minimum Gasteiger partial charge on any atom is -0.396 e. The van der Waals surface area contributed by atoms with Crippen molar-refractivity contribution in [3.05, 3.63) is 70.2 Å². The molecule has 1 aliphatic carbocycles. The Balaban J connectivity index is 1.61. The van der Waals surface area contributed by atoms with Crippen LogP contribution in [0.1, 0.15) is 36.6 Å². The highest BCUT2D eigenvalue weighted by Crippen LogP contribution is 2.49. The number of urea groups is 1. The third-order valence-electron chi connectivity index (χ3n) is 7.42. The lowest BCUT2D eigenvalue weighted by Crippen LogP contribution is -2.50. The van der Waals surface area contributed by atoms with E-state index in [0.717, 1.165) is 24.8 Å². The van der Waals surface area contributed by atoms with E-state index in [0.29, 0.717) is 16.9 Å². The summed E-state index contributed by atoms with van der Waals surface area (Å²) in [5, 5.41) is 13.3.